The van der Waals surface area contributed by atoms with E-state index in [0.717, 1.165) is 18.0 Å². The van der Waals surface area contributed by atoms with Crippen molar-refractivity contribution < 1.29 is 19.3 Å². The Morgan fingerprint density at radius 1 is 1.20 bits per heavy atom. The van der Waals surface area contributed by atoms with E-state index in [2.05, 4.69) is 5.32 Å². The normalized spacial score (nSPS) is 14.3. The number of hydrogen-bond acceptors (Lipinski definition) is 5. The zero-order valence-corrected chi connectivity index (χ0v) is 11.9. The van der Waals surface area contributed by atoms with Crippen LogP contribution < -0.4 is 14.8 Å². The summed E-state index contributed by atoms with van der Waals surface area (Å²) in [6.45, 7) is 2.12. The molecule has 0 radical (unpaired) electrons. The van der Waals surface area contributed by atoms with Crippen molar-refractivity contribution in [1.29, 1.82) is 0 Å². The molecule has 0 spiro atoms. The van der Waals surface area contributed by atoms with Gasteiger partial charge in [0, 0.05) is 12.6 Å². The summed E-state index contributed by atoms with van der Waals surface area (Å²) >= 11 is 0. The van der Waals surface area contributed by atoms with Gasteiger partial charge in [0.25, 0.3) is 0 Å². The second-order valence-corrected chi connectivity index (χ2v) is 4.82. The van der Waals surface area contributed by atoms with E-state index < -0.39 is 0 Å². The lowest BCUT2D eigenvalue weighted by atomic mass is 10.2. The van der Waals surface area contributed by atoms with E-state index in [9.17, 15) is 0 Å². The predicted octanol–water partition coefficient (Wildman–Crippen LogP) is 1.33. The number of methoxy groups -OCH3 is 1. The Morgan fingerprint density at radius 2 is 2.05 bits per heavy atom. The van der Waals surface area contributed by atoms with Crippen molar-refractivity contribution in [2.45, 2.75) is 25.4 Å². The summed E-state index contributed by atoms with van der Waals surface area (Å²) in [6.07, 6.45) is 2.56. The minimum Gasteiger partial charge on any atom is -0.493 e. The highest BCUT2D eigenvalue weighted by Gasteiger charge is 2.20. The van der Waals surface area contributed by atoms with Gasteiger partial charge < -0.3 is 24.6 Å². The molecule has 1 aliphatic rings. The van der Waals surface area contributed by atoms with Crippen molar-refractivity contribution >= 4 is 0 Å². The highest BCUT2D eigenvalue weighted by atomic mass is 16.5. The molecule has 1 aliphatic carbocycles. The van der Waals surface area contributed by atoms with Crippen molar-refractivity contribution in [3.63, 3.8) is 0 Å². The largest absolute Gasteiger partial charge is 0.493 e. The molecule has 0 atom stereocenters. The van der Waals surface area contributed by atoms with Crippen LogP contribution in [0.3, 0.4) is 0 Å². The molecule has 0 heterocycles. The molecule has 2 rings (SSSR count). The average Bonchev–Trinajstić information content (AvgIpc) is 3.29. The molecular formula is C15H23NO4. The van der Waals surface area contributed by atoms with Gasteiger partial charge in [0.15, 0.2) is 11.5 Å². The average molecular weight is 281 g/mol. The summed E-state index contributed by atoms with van der Waals surface area (Å²) in [6, 6.07) is 6.66. The number of benzene rings is 1. The van der Waals surface area contributed by atoms with Crippen LogP contribution in [0.1, 0.15) is 18.4 Å². The molecule has 0 aromatic heterocycles. The monoisotopic (exact) mass is 281 g/mol. The fourth-order valence-electron chi connectivity index (χ4n) is 1.87. The first-order chi connectivity index (χ1) is 9.83. The molecule has 1 aromatic carbocycles. The van der Waals surface area contributed by atoms with E-state index in [-0.39, 0.29) is 6.61 Å². The quantitative estimate of drug-likeness (QED) is 0.634. The lowest BCUT2D eigenvalue weighted by molar-refractivity contribution is 0.0698. The Balaban J connectivity index is 1.84. The van der Waals surface area contributed by atoms with E-state index in [1.54, 1.807) is 7.11 Å². The molecule has 0 saturated heterocycles. The number of ether oxygens (including phenoxy) is 3. The maximum Gasteiger partial charge on any atom is 0.161 e. The molecule has 0 aliphatic heterocycles. The Labute approximate surface area is 119 Å². The van der Waals surface area contributed by atoms with E-state index >= 15 is 0 Å². The lowest BCUT2D eigenvalue weighted by Gasteiger charge is -2.13. The number of rotatable bonds is 10. The topological polar surface area (TPSA) is 60.0 Å². The molecule has 1 saturated carbocycles. The third-order valence-electron chi connectivity index (χ3n) is 3.12. The van der Waals surface area contributed by atoms with Gasteiger partial charge in [0.05, 0.1) is 26.9 Å². The van der Waals surface area contributed by atoms with Gasteiger partial charge in [-0.05, 0) is 30.5 Å². The van der Waals surface area contributed by atoms with Crippen LogP contribution in [0.2, 0.25) is 0 Å². The lowest BCUT2D eigenvalue weighted by Crippen LogP contribution is -2.15. The first-order valence-corrected chi connectivity index (χ1v) is 7.05. The SMILES string of the molecule is COc1ccc(CNC2CC2)cc1OCCOCCO. The molecule has 112 valence electrons. The van der Waals surface area contributed by atoms with Gasteiger partial charge in [-0.3, -0.25) is 0 Å². The Kier molecular flexibility index (Phi) is 6.11. The molecule has 0 bridgehead atoms. The number of aliphatic hydroxyl groups is 1. The molecule has 0 unspecified atom stereocenters. The molecule has 5 nitrogen and oxygen atoms in total. The minimum absolute atomic E-state index is 0.0334. The van der Waals surface area contributed by atoms with Crippen LogP contribution in [0.5, 0.6) is 11.5 Å². The second kappa shape index (κ2) is 8.09. The number of nitrogens with one attached hydrogen (secondary N) is 1. The van der Waals surface area contributed by atoms with Gasteiger partial charge in [-0.2, -0.15) is 0 Å². The second-order valence-electron chi connectivity index (χ2n) is 4.82. The minimum atomic E-state index is 0.0334. The molecular weight excluding hydrogens is 258 g/mol. The van der Waals surface area contributed by atoms with Crippen LogP contribution in [0, 0.1) is 0 Å². The van der Waals surface area contributed by atoms with Crippen molar-refractivity contribution in [2.75, 3.05) is 33.5 Å². The van der Waals surface area contributed by atoms with Crippen LogP contribution in [0.4, 0.5) is 0 Å². The van der Waals surface area contributed by atoms with E-state index in [4.69, 9.17) is 19.3 Å². The van der Waals surface area contributed by atoms with E-state index in [1.807, 2.05) is 18.2 Å². The van der Waals surface area contributed by atoms with Crippen LogP contribution in [-0.4, -0.2) is 44.7 Å². The summed E-state index contributed by atoms with van der Waals surface area (Å²) in [5, 5.41) is 12.1. The molecule has 1 aromatic rings. The summed E-state index contributed by atoms with van der Waals surface area (Å²) in [7, 11) is 1.63. The molecule has 20 heavy (non-hydrogen) atoms. The van der Waals surface area contributed by atoms with Gasteiger partial charge in [-0.1, -0.05) is 6.07 Å². The van der Waals surface area contributed by atoms with Crippen molar-refractivity contribution in [2.24, 2.45) is 0 Å². The number of hydrogen-bond donors (Lipinski definition) is 2. The standard InChI is InChI=1S/C15H23NO4/c1-18-14-5-2-12(11-16-13-3-4-13)10-15(14)20-9-8-19-7-6-17/h2,5,10,13,16-17H,3-4,6-9,11H2,1H3. The summed E-state index contributed by atoms with van der Waals surface area (Å²) in [5.74, 6) is 1.46. The summed E-state index contributed by atoms with van der Waals surface area (Å²) in [4.78, 5) is 0. The van der Waals surface area contributed by atoms with Gasteiger partial charge in [0.1, 0.15) is 6.61 Å². The van der Waals surface area contributed by atoms with Crippen LogP contribution in [-0.2, 0) is 11.3 Å². The highest BCUT2D eigenvalue weighted by molar-refractivity contribution is 5.43. The van der Waals surface area contributed by atoms with Crippen molar-refractivity contribution in [1.82, 2.24) is 5.32 Å². The van der Waals surface area contributed by atoms with Gasteiger partial charge in [-0.15, -0.1) is 0 Å². The summed E-state index contributed by atoms with van der Waals surface area (Å²) < 4.78 is 16.1. The summed E-state index contributed by atoms with van der Waals surface area (Å²) in [5.41, 5.74) is 1.18. The first-order valence-electron chi connectivity index (χ1n) is 7.05. The van der Waals surface area contributed by atoms with Crippen LogP contribution in [0.25, 0.3) is 0 Å². The maximum absolute atomic E-state index is 8.62. The molecule has 2 N–H and O–H groups in total. The maximum atomic E-state index is 8.62. The molecule has 5 heteroatoms. The fourth-order valence-corrected chi connectivity index (χ4v) is 1.87. The van der Waals surface area contributed by atoms with Gasteiger partial charge >= 0.3 is 0 Å². The third kappa shape index (κ3) is 5.00. The zero-order chi connectivity index (χ0) is 14.2. The Bertz CT molecular complexity index is 407. The smallest absolute Gasteiger partial charge is 0.161 e. The van der Waals surface area contributed by atoms with E-state index in [1.165, 1.54) is 18.4 Å². The van der Waals surface area contributed by atoms with Crippen LogP contribution >= 0.6 is 0 Å². The molecule has 1 fully saturated rings. The van der Waals surface area contributed by atoms with Gasteiger partial charge in [-0.25, -0.2) is 0 Å². The molecule has 0 amide bonds. The predicted molar refractivity (Wildman–Crippen MR) is 76.3 cm³/mol. The number of aliphatic hydroxyl groups excluding tert-OH is 1. The Morgan fingerprint density at radius 3 is 2.75 bits per heavy atom. The third-order valence-corrected chi connectivity index (χ3v) is 3.12. The first kappa shape index (κ1) is 15.1. The van der Waals surface area contributed by atoms with Crippen molar-refractivity contribution in [3.05, 3.63) is 23.8 Å². The zero-order valence-electron chi connectivity index (χ0n) is 11.9. The van der Waals surface area contributed by atoms with Gasteiger partial charge in [0.2, 0.25) is 0 Å². The van der Waals surface area contributed by atoms with Crippen LogP contribution in [0.15, 0.2) is 18.2 Å². The highest BCUT2D eigenvalue weighted by Crippen LogP contribution is 2.28. The fraction of sp³-hybridized carbons (Fsp3) is 0.600. The van der Waals surface area contributed by atoms with Crippen molar-refractivity contribution in [3.8, 4) is 11.5 Å². The van der Waals surface area contributed by atoms with E-state index in [0.29, 0.717) is 25.9 Å². The Hall–Kier alpha value is -1.30.